The number of carbonyl (C=O) groups is 2. The molecule has 4 aromatic rings. The van der Waals surface area contributed by atoms with E-state index >= 15 is 0 Å². The number of aromatic nitrogens is 3. The molecule has 0 unspecified atom stereocenters. The summed E-state index contributed by atoms with van der Waals surface area (Å²) in [6.07, 6.45) is 7.07. The maximum atomic E-state index is 14.1. The third-order valence-corrected chi connectivity index (χ3v) is 8.66. The Morgan fingerprint density at radius 1 is 1.06 bits per heavy atom. The molecule has 2 aliphatic rings. The Hall–Kier alpha value is -5.53. The number of hydrogen-bond donors (Lipinski definition) is 2. The normalized spacial score (nSPS) is 18.4. The summed E-state index contributed by atoms with van der Waals surface area (Å²) in [6.45, 7) is 2.22. The van der Waals surface area contributed by atoms with Crippen molar-refractivity contribution in [1.82, 2.24) is 15.0 Å². The second-order valence-corrected chi connectivity index (χ2v) is 11.9. The number of benzene rings is 3. The van der Waals surface area contributed by atoms with E-state index < -0.39 is 22.3 Å². The molecule has 2 atom stereocenters. The van der Waals surface area contributed by atoms with Gasteiger partial charge in [-0.05, 0) is 35.7 Å². The molecule has 1 aromatic heterocycles. The summed E-state index contributed by atoms with van der Waals surface area (Å²) in [5.74, 6) is -1.49. The van der Waals surface area contributed by atoms with Gasteiger partial charge in [-0.15, -0.1) is 5.10 Å². The number of nitro groups is 1. The molecule has 0 fully saturated rings. The summed E-state index contributed by atoms with van der Waals surface area (Å²) in [7, 11) is 0. The summed E-state index contributed by atoms with van der Waals surface area (Å²) in [6, 6.07) is 20.9. The molecule has 0 aliphatic carbocycles. The quantitative estimate of drug-likeness (QED) is 0.130. The largest absolute Gasteiger partial charge is 0.396 e. The Bertz CT molecular complexity index is 1910. The second-order valence-electron chi connectivity index (χ2n) is 11.9. The molecule has 3 heterocycles. The average molecular weight is 650 g/mol. The lowest BCUT2D eigenvalue weighted by Crippen LogP contribution is -2.44. The maximum absolute atomic E-state index is 14.1. The first-order chi connectivity index (χ1) is 23.2. The number of aliphatic hydroxyl groups excluding tert-OH is 1. The van der Waals surface area contributed by atoms with Gasteiger partial charge >= 0.3 is 0 Å². The van der Waals surface area contributed by atoms with Gasteiger partial charge in [0, 0.05) is 62.2 Å². The van der Waals surface area contributed by atoms with Gasteiger partial charge in [-0.25, -0.2) is 5.01 Å². The molecule has 0 radical (unpaired) electrons. The molecule has 48 heavy (non-hydrogen) atoms. The highest BCUT2D eigenvalue weighted by atomic mass is 16.6. The Morgan fingerprint density at radius 2 is 1.88 bits per heavy atom. The van der Waals surface area contributed by atoms with Crippen molar-refractivity contribution in [2.75, 3.05) is 16.5 Å². The van der Waals surface area contributed by atoms with Crippen molar-refractivity contribution in [1.29, 1.82) is 0 Å². The average Bonchev–Trinajstić information content (AvgIpc) is 3.63. The first kappa shape index (κ1) is 32.4. The standard InChI is InChI=1S/C35H35N7O6/c1-24(8-5-6-18-39-23-27(17-19-43)36-38-39)35(46)30-21-29(42(47)48)13-15-32(30)40(34(35)45)22-25-9-7-12-28(20-25)41-33(44)16-14-31(37-41)26-10-3-2-4-11-26/h2-5,7-13,15,20-21,23-24,43,46H,6,14,16-19,22H2,1H3/b8-5+/t24-,35+/m1/s1. The topological polar surface area (TPSA) is 167 Å². The lowest BCUT2D eigenvalue weighted by molar-refractivity contribution is -0.385. The van der Waals surface area contributed by atoms with Gasteiger partial charge in [0.2, 0.25) is 5.91 Å². The van der Waals surface area contributed by atoms with Crippen molar-refractivity contribution in [3.05, 3.63) is 124 Å². The summed E-state index contributed by atoms with van der Waals surface area (Å²) >= 11 is 0. The Balaban J connectivity index is 1.25. The number of nitro benzene ring substituents is 1. The van der Waals surface area contributed by atoms with E-state index in [1.54, 1.807) is 42.1 Å². The molecule has 0 saturated carbocycles. The zero-order valence-corrected chi connectivity index (χ0v) is 26.3. The smallest absolute Gasteiger partial charge is 0.269 e. The molecule has 2 amide bonds. The van der Waals surface area contributed by atoms with Crippen LogP contribution in [0, 0.1) is 16.0 Å². The zero-order valence-electron chi connectivity index (χ0n) is 26.3. The molecule has 13 nitrogen and oxygen atoms in total. The lowest BCUT2D eigenvalue weighted by atomic mass is 9.82. The third kappa shape index (κ3) is 6.37. The highest BCUT2D eigenvalue weighted by Gasteiger charge is 2.53. The van der Waals surface area contributed by atoms with Gasteiger partial charge in [0.25, 0.3) is 11.6 Å². The first-order valence-electron chi connectivity index (χ1n) is 15.7. The minimum absolute atomic E-state index is 0.0208. The molecule has 246 valence electrons. The van der Waals surface area contributed by atoms with Crippen molar-refractivity contribution in [2.45, 2.75) is 51.3 Å². The second kappa shape index (κ2) is 13.7. The fraction of sp³-hybridized carbons (Fsp3) is 0.286. The number of nitrogens with zero attached hydrogens (tertiary/aromatic N) is 7. The number of hydrazone groups is 1. The number of allylic oxidation sites excluding steroid dienone is 1. The third-order valence-electron chi connectivity index (χ3n) is 8.66. The monoisotopic (exact) mass is 649 g/mol. The van der Waals surface area contributed by atoms with E-state index in [-0.39, 0.29) is 30.3 Å². The number of carbonyl (C=O) groups excluding carboxylic acids is 2. The minimum Gasteiger partial charge on any atom is -0.396 e. The molecule has 3 aromatic carbocycles. The fourth-order valence-corrected chi connectivity index (χ4v) is 6.09. The van der Waals surface area contributed by atoms with Crippen LogP contribution in [0.3, 0.4) is 0 Å². The van der Waals surface area contributed by atoms with Crippen LogP contribution in [-0.2, 0) is 34.7 Å². The van der Waals surface area contributed by atoms with E-state index in [4.69, 9.17) is 5.11 Å². The lowest BCUT2D eigenvalue weighted by Gasteiger charge is -2.28. The molecule has 0 saturated heterocycles. The molecule has 0 bridgehead atoms. The number of rotatable bonds is 12. The van der Waals surface area contributed by atoms with Crippen LogP contribution in [0.25, 0.3) is 0 Å². The van der Waals surface area contributed by atoms with Gasteiger partial charge in [-0.3, -0.25) is 24.4 Å². The van der Waals surface area contributed by atoms with Crippen LogP contribution in [0.4, 0.5) is 17.1 Å². The molecular weight excluding hydrogens is 614 g/mol. The molecule has 2 N–H and O–H groups in total. The number of non-ortho nitro benzene ring substituents is 1. The molecule has 2 aliphatic heterocycles. The number of hydrogen-bond acceptors (Lipinski definition) is 9. The van der Waals surface area contributed by atoms with Crippen molar-refractivity contribution >= 4 is 34.6 Å². The van der Waals surface area contributed by atoms with E-state index in [0.29, 0.717) is 54.9 Å². The molecular formula is C35H35N7O6. The minimum atomic E-state index is -2.06. The van der Waals surface area contributed by atoms with Gasteiger partial charge in [-0.2, -0.15) is 5.10 Å². The van der Waals surface area contributed by atoms with Crippen LogP contribution in [0.15, 0.2) is 96.2 Å². The van der Waals surface area contributed by atoms with Crippen molar-refractivity contribution in [3.63, 3.8) is 0 Å². The van der Waals surface area contributed by atoms with E-state index in [2.05, 4.69) is 15.4 Å². The van der Waals surface area contributed by atoms with Crippen LogP contribution in [0.1, 0.15) is 48.6 Å². The highest BCUT2D eigenvalue weighted by Crippen LogP contribution is 2.47. The van der Waals surface area contributed by atoms with E-state index in [1.165, 1.54) is 28.1 Å². The molecule has 0 spiro atoms. The number of aryl methyl sites for hydroxylation is 1. The van der Waals surface area contributed by atoms with Crippen LogP contribution >= 0.6 is 0 Å². The summed E-state index contributed by atoms with van der Waals surface area (Å²) in [4.78, 5) is 39.6. The summed E-state index contributed by atoms with van der Waals surface area (Å²) < 4.78 is 1.65. The Kier molecular flexibility index (Phi) is 9.24. The van der Waals surface area contributed by atoms with Gasteiger partial charge < -0.3 is 15.1 Å². The first-order valence-corrected chi connectivity index (χ1v) is 15.7. The maximum Gasteiger partial charge on any atom is 0.269 e. The molecule has 6 rings (SSSR count). The van der Waals surface area contributed by atoms with E-state index in [1.807, 2.05) is 42.5 Å². The van der Waals surface area contributed by atoms with Gasteiger partial charge in [-0.1, -0.05) is 66.8 Å². The Morgan fingerprint density at radius 3 is 2.65 bits per heavy atom. The Labute approximate surface area is 276 Å². The van der Waals surface area contributed by atoms with Crippen molar-refractivity contribution in [3.8, 4) is 0 Å². The number of amides is 2. The van der Waals surface area contributed by atoms with E-state index in [9.17, 15) is 24.8 Å². The van der Waals surface area contributed by atoms with Crippen molar-refractivity contribution in [2.24, 2.45) is 11.0 Å². The number of aliphatic hydroxyl groups is 2. The fourth-order valence-electron chi connectivity index (χ4n) is 6.09. The van der Waals surface area contributed by atoms with Crippen LogP contribution in [0.5, 0.6) is 0 Å². The number of anilines is 2. The van der Waals surface area contributed by atoms with Gasteiger partial charge in [0.1, 0.15) is 0 Å². The van der Waals surface area contributed by atoms with E-state index in [0.717, 1.165) is 11.3 Å². The van der Waals surface area contributed by atoms with Crippen molar-refractivity contribution < 1.29 is 24.7 Å². The summed E-state index contributed by atoms with van der Waals surface area (Å²) in [5.41, 5.74) is 1.87. The predicted molar refractivity (Wildman–Crippen MR) is 178 cm³/mol. The van der Waals surface area contributed by atoms with Gasteiger partial charge in [0.05, 0.1) is 34.2 Å². The van der Waals surface area contributed by atoms with Crippen LogP contribution in [-0.4, -0.2) is 54.3 Å². The SMILES string of the molecule is C[C@H](/C=C/CCn1cc(CCO)nn1)[C@@]1(O)C(=O)N(Cc2cccc(N3N=C(c4ccccc4)CCC3=O)c2)c2ccc([N+](=O)[O-])cc21. The van der Waals surface area contributed by atoms with Crippen LogP contribution in [0.2, 0.25) is 0 Å². The molecule has 13 heteroatoms. The number of fused-ring (bicyclic) bond motifs is 1. The predicted octanol–water partition coefficient (Wildman–Crippen LogP) is 4.27. The zero-order chi connectivity index (χ0) is 33.8. The summed E-state index contributed by atoms with van der Waals surface area (Å²) in [5, 5.41) is 46.9. The van der Waals surface area contributed by atoms with Crippen LogP contribution < -0.4 is 9.91 Å². The highest BCUT2D eigenvalue weighted by molar-refractivity contribution is 6.09. The van der Waals surface area contributed by atoms with Gasteiger partial charge in [0.15, 0.2) is 5.60 Å².